The molecule has 20 heavy (non-hydrogen) atoms. The predicted octanol–water partition coefficient (Wildman–Crippen LogP) is 1.54. The van der Waals surface area contributed by atoms with Gasteiger partial charge < -0.3 is 20.1 Å². The Kier molecular flexibility index (Phi) is 5.34. The molecular weight excluding hydrogens is 258 g/mol. The fourth-order valence-corrected chi connectivity index (χ4v) is 2.34. The molecule has 2 unspecified atom stereocenters. The lowest BCUT2D eigenvalue weighted by molar-refractivity contribution is 0.0900. The van der Waals surface area contributed by atoms with Crippen LogP contribution < -0.4 is 15.4 Å². The van der Waals surface area contributed by atoms with E-state index < -0.39 is 0 Å². The van der Waals surface area contributed by atoms with Crippen LogP contribution in [0.4, 0.5) is 11.9 Å². The maximum absolute atomic E-state index is 5.68. The van der Waals surface area contributed by atoms with Crippen molar-refractivity contribution < 1.29 is 9.47 Å². The molecule has 2 N–H and O–H groups in total. The van der Waals surface area contributed by atoms with Gasteiger partial charge in [-0.3, -0.25) is 0 Å². The molecule has 112 valence electrons. The number of ether oxygens (including phenoxy) is 2. The normalized spacial score (nSPS) is 21.8. The molecule has 7 nitrogen and oxygen atoms in total. The number of anilines is 2. The van der Waals surface area contributed by atoms with Crippen molar-refractivity contribution in [2.24, 2.45) is 5.92 Å². The lowest BCUT2D eigenvalue weighted by Crippen LogP contribution is -2.23. The van der Waals surface area contributed by atoms with Crippen LogP contribution in [0.1, 0.15) is 26.7 Å². The van der Waals surface area contributed by atoms with Gasteiger partial charge in [0.25, 0.3) is 0 Å². The summed E-state index contributed by atoms with van der Waals surface area (Å²) in [6, 6.07) is 0.337. The second kappa shape index (κ2) is 7.23. The number of hydrogen-bond donors (Lipinski definition) is 2. The molecule has 1 saturated heterocycles. The molecule has 1 aliphatic heterocycles. The minimum atomic E-state index is 0.333. The van der Waals surface area contributed by atoms with Crippen LogP contribution in [0.25, 0.3) is 0 Å². The first-order valence-corrected chi connectivity index (χ1v) is 7.18. The maximum Gasteiger partial charge on any atom is 0.323 e. The first-order chi connectivity index (χ1) is 9.76. The highest BCUT2D eigenvalue weighted by Gasteiger charge is 2.26. The SMILES string of the molecule is CCOc1nc(NC)nc(NCC2CCOC2CC)n1. The van der Waals surface area contributed by atoms with Crippen LogP contribution in [-0.2, 0) is 4.74 Å². The molecule has 0 saturated carbocycles. The highest BCUT2D eigenvalue weighted by atomic mass is 16.5. The summed E-state index contributed by atoms with van der Waals surface area (Å²) in [6.45, 7) is 6.22. The molecule has 0 aliphatic carbocycles. The molecule has 0 spiro atoms. The fraction of sp³-hybridized carbons (Fsp3) is 0.769. The summed E-state index contributed by atoms with van der Waals surface area (Å²) in [5.74, 6) is 1.54. The second-order valence-corrected chi connectivity index (χ2v) is 4.70. The highest BCUT2D eigenvalue weighted by molar-refractivity contribution is 5.35. The molecule has 0 radical (unpaired) electrons. The smallest absolute Gasteiger partial charge is 0.323 e. The largest absolute Gasteiger partial charge is 0.464 e. The Morgan fingerprint density at radius 3 is 2.75 bits per heavy atom. The molecule has 0 amide bonds. The van der Waals surface area contributed by atoms with Gasteiger partial charge in [-0.25, -0.2) is 0 Å². The van der Waals surface area contributed by atoms with E-state index in [4.69, 9.17) is 9.47 Å². The molecule has 7 heteroatoms. The van der Waals surface area contributed by atoms with Crippen molar-refractivity contribution in [1.82, 2.24) is 15.0 Å². The predicted molar refractivity (Wildman–Crippen MR) is 77.2 cm³/mol. The van der Waals surface area contributed by atoms with Crippen LogP contribution in [0, 0.1) is 5.92 Å². The summed E-state index contributed by atoms with van der Waals surface area (Å²) < 4.78 is 11.0. The summed E-state index contributed by atoms with van der Waals surface area (Å²) in [4.78, 5) is 12.7. The van der Waals surface area contributed by atoms with E-state index in [1.807, 2.05) is 6.92 Å². The van der Waals surface area contributed by atoms with Gasteiger partial charge in [0.2, 0.25) is 11.9 Å². The topological polar surface area (TPSA) is 81.2 Å². The van der Waals surface area contributed by atoms with Crippen molar-refractivity contribution in [3.8, 4) is 6.01 Å². The summed E-state index contributed by atoms with van der Waals surface area (Å²) in [7, 11) is 1.77. The fourth-order valence-electron chi connectivity index (χ4n) is 2.34. The molecule has 0 aromatic carbocycles. The van der Waals surface area contributed by atoms with E-state index in [-0.39, 0.29) is 0 Å². The molecular formula is C13H23N5O2. The average molecular weight is 281 g/mol. The third-order valence-corrected chi connectivity index (χ3v) is 3.38. The summed E-state index contributed by atoms with van der Waals surface area (Å²) in [5.41, 5.74) is 0. The zero-order valence-electron chi connectivity index (χ0n) is 12.3. The monoisotopic (exact) mass is 281 g/mol. The molecule has 1 aliphatic rings. The number of aromatic nitrogens is 3. The molecule has 1 aromatic rings. The molecule has 1 aromatic heterocycles. The van der Waals surface area contributed by atoms with Crippen molar-refractivity contribution >= 4 is 11.9 Å². The van der Waals surface area contributed by atoms with Crippen molar-refractivity contribution in [2.45, 2.75) is 32.8 Å². The van der Waals surface area contributed by atoms with E-state index >= 15 is 0 Å². The van der Waals surface area contributed by atoms with Gasteiger partial charge in [-0.2, -0.15) is 15.0 Å². The van der Waals surface area contributed by atoms with Crippen molar-refractivity contribution in [2.75, 3.05) is 37.4 Å². The Bertz CT molecular complexity index is 429. The third kappa shape index (κ3) is 3.69. The van der Waals surface area contributed by atoms with Gasteiger partial charge in [-0.15, -0.1) is 0 Å². The van der Waals surface area contributed by atoms with Crippen LogP contribution in [0.5, 0.6) is 6.01 Å². The quantitative estimate of drug-likeness (QED) is 0.784. The van der Waals surface area contributed by atoms with Gasteiger partial charge in [0.1, 0.15) is 0 Å². The minimum Gasteiger partial charge on any atom is -0.464 e. The number of nitrogens with one attached hydrogen (secondary N) is 2. The molecule has 1 fully saturated rings. The van der Waals surface area contributed by atoms with E-state index in [1.54, 1.807) is 7.05 Å². The van der Waals surface area contributed by atoms with Crippen LogP contribution in [0.3, 0.4) is 0 Å². The molecule has 2 atom stereocenters. The van der Waals surface area contributed by atoms with E-state index in [0.29, 0.717) is 36.5 Å². The highest BCUT2D eigenvalue weighted by Crippen LogP contribution is 2.23. The van der Waals surface area contributed by atoms with Crippen molar-refractivity contribution in [1.29, 1.82) is 0 Å². The van der Waals surface area contributed by atoms with Crippen molar-refractivity contribution in [3.05, 3.63) is 0 Å². The van der Waals surface area contributed by atoms with Crippen molar-refractivity contribution in [3.63, 3.8) is 0 Å². The van der Waals surface area contributed by atoms with E-state index in [2.05, 4.69) is 32.5 Å². The lowest BCUT2D eigenvalue weighted by Gasteiger charge is -2.17. The Morgan fingerprint density at radius 2 is 2.05 bits per heavy atom. The molecule has 2 heterocycles. The Balaban J connectivity index is 1.99. The van der Waals surface area contributed by atoms with Gasteiger partial charge in [-0.05, 0) is 19.8 Å². The van der Waals surface area contributed by atoms with E-state index in [1.165, 1.54) is 0 Å². The zero-order valence-corrected chi connectivity index (χ0v) is 12.3. The number of rotatable bonds is 7. The number of nitrogens with zero attached hydrogens (tertiary/aromatic N) is 3. The van der Waals surface area contributed by atoms with E-state index in [0.717, 1.165) is 26.0 Å². The molecule has 0 bridgehead atoms. The first-order valence-electron chi connectivity index (χ1n) is 7.18. The summed E-state index contributed by atoms with van der Waals surface area (Å²) in [6.07, 6.45) is 2.45. The van der Waals surface area contributed by atoms with Gasteiger partial charge in [0.05, 0.1) is 12.7 Å². The summed E-state index contributed by atoms with van der Waals surface area (Å²) >= 11 is 0. The zero-order chi connectivity index (χ0) is 14.4. The van der Waals surface area contributed by atoms with Crippen LogP contribution in [-0.4, -0.2) is 47.9 Å². The second-order valence-electron chi connectivity index (χ2n) is 4.70. The Hall–Kier alpha value is -1.63. The van der Waals surface area contributed by atoms with Crippen LogP contribution >= 0.6 is 0 Å². The average Bonchev–Trinajstić information content (AvgIpc) is 2.92. The standard InChI is InChI=1S/C13H23N5O2/c1-4-10-9(6-7-20-10)8-15-12-16-11(14-3)17-13(18-12)19-5-2/h9-10H,4-8H2,1-3H3,(H2,14,15,16,17,18). The third-order valence-electron chi connectivity index (χ3n) is 3.38. The number of hydrogen-bond acceptors (Lipinski definition) is 7. The minimum absolute atomic E-state index is 0.333. The van der Waals surface area contributed by atoms with Crippen LogP contribution in [0.2, 0.25) is 0 Å². The Labute approximate surface area is 119 Å². The van der Waals surface area contributed by atoms with Gasteiger partial charge in [0.15, 0.2) is 0 Å². The maximum atomic E-state index is 5.68. The summed E-state index contributed by atoms with van der Waals surface area (Å²) in [5, 5.41) is 6.17. The molecule has 2 rings (SSSR count). The first kappa shape index (κ1) is 14.8. The van der Waals surface area contributed by atoms with E-state index in [9.17, 15) is 0 Å². The van der Waals surface area contributed by atoms with Crippen LogP contribution in [0.15, 0.2) is 0 Å². The van der Waals surface area contributed by atoms with Gasteiger partial charge in [0, 0.05) is 26.1 Å². The lowest BCUT2D eigenvalue weighted by atomic mass is 10.00. The van der Waals surface area contributed by atoms with Gasteiger partial charge >= 0.3 is 6.01 Å². The van der Waals surface area contributed by atoms with Gasteiger partial charge in [-0.1, -0.05) is 6.92 Å². The Morgan fingerprint density at radius 1 is 1.25 bits per heavy atom.